The van der Waals surface area contributed by atoms with Gasteiger partial charge in [0.05, 0.1) is 12.2 Å². The van der Waals surface area contributed by atoms with Crippen molar-refractivity contribution in [3.05, 3.63) is 0 Å². The molecule has 0 aromatic carbocycles. The quantitative estimate of drug-likeness (QED) is 0.680. The summed E-state index contributed by atoms with van der Waals surface area (Å²) in [5.74, 6) is 0. The van der Waals surface area contributed by atoms with Gasteiger partial charge in [0.25, 0.3) is 0 Å². The molecule has 15 heavy (non-hydrogen) atoms. The fourth-order valence-corrected chi connectivity index (χ4v) is 1.48. The highest BCUT2D eigenvalue weighted by molar-refractivity contribution is 7.84. The Morgan fingerprint density at radius 3 is 2.40 bits per heavy atom. The smallest absolute Gasteiger partial charge is 0.0599 e. The van der Waals surface area contributed by atoms with Gasteiger partial charge in [-0.1, -0.05) is 6.92 Å². The molecule has 0 aliphatic rings. The molecule has 4 heteroatoms. The zero-order valence-corrected chi connectivity index (χ0v) is 11.4. The zero-order valence-electron chi connectivity index (χ0n) is 10.6. The normalized spacial score (nSPS) is 16.3. The highest BCUT2D eigenvalue weighted by Gasteiger charge is 2.09. The maximum absolute atomic E-state index is 11.1. The molecule has 0 bridgehead atoms. The van der Waals surface area contributed by atoms with E-state index in [0.717, 1.165) is 26.1 Å². The molecule has 0 heterocycles. The molecule has 2 unspecified atom stereocenters. The predicted molar refractivity (Wildman–Crippen MR) is 66.7 cm³/mol. The van der Waals surface area contributed by atoms with Crippen LogP contribution in [0.4, 0.5) is 0 Å². The average molecular weight is 235 g/mol. The van der Waals surface area contributed by atoms with Gasteiger partial charge in [0.15, 0.2) is 0 Å². The molecule has 0 aromatic heterocycles. The van der Waals surface area contributed by atoms with Crippen molar-refractivity contribution in [2.24, 2.45) is 0 Å². The van der Waals surface area contributed by atoms with Gasteiger partial charge in [0.1, 0.15) is 0 Å². The Morgan fingerprint density at radius 2 is 1.93 bits per heavy atom. The van der Waals surface area contributed by atoms with E-state index >= 15 is 0 Å². The summed E-state index contributed by atoms with van der Waals surface area (Å²) in [4.78, 5) is 0. The zero-order chi connectivity index (χ0) is 11.9. The molecule has 2 atom stereocenters. The van der Waals surface area contributed by atoms with Crippen LogP contribution in [0.1, 0.15) is 34.1 Å². The van der Waals surface area contributed by atoms with Crippen LogP contribution in [-0.2, 0) is 15.5 Å². The number of hydrogen-bond acceptors (Lipinski definition) is 3. The first-order valence-electron chi connectivity index (χ1n) is 5.50. The third-order valence-corrected chi connectivity index (χ3v) is 3.48. The fraction of sp³-hybridized carbons (Fsp3) is 1.00. The minimum Gasteiger partial charge on any atom is -0.375 e. The molecule has 0 aromatic rings. The van der Waals surface area contributed by atoms with Crippen LogP contribution in [0.15, 0.2) is 0 Å². The van der Waals surface area contributed by atoms with Crippen LogP contribution in [0, 0.1) is 0 Å². The van der Waals surface area contributed by atoms with Crippen molar-refractivity contribution >= 4 is 10.8 Å². The number of nitrogens with one attached hydrogen (secondary N) is 1. The van der Waals surface area contributed by atoms with Gasteiger partial charge in [-0.15, -0.1) is 0 Å². The van der Waals surface area contributed by atoms with Gasteiger partial charge in [0, 0.05) is 28.9 Å². The van der Waals surface area contributed by atoms with Crippen molar-refractivity contribution in [3.8, 4) is 0 Å². The lowest BCUT2D eigenvalue weighted by Crippen LogP contribution is -2.28. The Morgan fingerprint density at radius 1 is 1.33 bits per heavy atom. The van der Waals surface area contributed by atoms with Crippen molar-refractivity contribution in [1.29, 1.82) is 0 Å². The Balaban J connectivity index is 3.29. The average Bonchev–Trinajstić information content (AvgIpc) is 2.08. The second-order valence-electron chi connectivity index (χ2n) is 4.81. The van der Waals surface area contributed by atoms with Gasteiger partial charge in [-0.05, 0) is 33.7 Å². The molecule has 0 rings (SSSR count). The Bertz CT molecular complexity index is 190. The Kier molecular flexibility index (Phi) is 7.40. The van der Waals surface area contributed by atoms with Crippen LogP contribution in [0.25, 0.3) is 0 Å². The van der Waals surface area contributed by atoms with Crippen molar-refractivity contribution in [1.82, 2.24) is 5.32 Å². The van der Waals surface area contributed by atoms with Gasteiger partial charge in [-0.25, -0.2) is 0 Å². The molecule has 0 saturated heterocycles. The largest absolute Gasteiger partial charge is 0.375 e. The van der Waals surface area contributed by atoms with Gasteiger partial charge >= 0.3 is 0 Å². The molecule has 0 fully saturated rings. The summed E-state index contributed by atoms with van der Waals surface area (Å²) in [6.07, 6.45) is 2.71. The van der Waals surface area contributed by atoms with Crippen LogP contribution in [0.2, 0.25) is 0 Å². The standard InChI is InChI=1S/C11H25NO2S/c1-10(15(5)13)6-7-12-8-9-14-11(2,3)4/h10,12H,6-9H2,1-5H3. The SMILES string of the molecule is CC(CCNCCOC(C)(C)C)S(C)=O. The van der Waals surface area contributed by atoms with Crippen LogP contribution in [0.5, 0.6) is 0 Å². The van der Waals surface area contributed by atoms with E-state index in [1.807, 2.05) is 6.92 Å². The maximum atomic E-state index is 11.1. The highest BCUT2D eigenvalue weighted by Crippen LogP contribution is 2.05. The molecule has 0 amide bonds. The van der Waals surface area contributed by atoms with E-state index in [2.05, 4.69) is 26.1 Å². The van der Waals surface area contributed by atoms with Gasteiger partial charge in [0.2, 0.25) is 0 Å². The van der Waals surface area contributed by atoms with Gasteiger partial charge in [-0.3, -0.25) is 4.21 Å². The van der Waals surface area contributed by atoms with Crippen molar-refractivity contribution in [2.75, 3.05) is 26.0 Å². The summed E-state index contributed by atoms with van der Waals surface area (Å²) in [6, 6.07) is 0. The van der Waals surface area contributed by atoms with Crippen LogP contribution in [-0.4, -0.2) is 41.0 Å². The van der Waals surface area contributed by atoms with Gasteiger partial charge < -0.3 is 10.1 Å². The first-order chi connectivity index (χ1) is 6.83. The van der Waals surface area contributed by atoms with E-state index in [1.54, 1.807) is 6.26 Å². The number of ether oxygens (including phenoxy) is 1. The predicted octanol–water partition coefficient (Wildman–Crippen LogP) is 1.55. The summed E-state index contributed by atoms with van der Waals surface area (Å²) in [5, 5.41) is 3.56. The first-order valence-corrected chi connectivity index (χ1v) is 7.12. The summed E-state index contributed by atoms with van der Waals surface area (Å²) >= 11 is 0. The lowest BCUT2D eigenvalue weighted by atomic mass is 10.2. The minimum absolute atomic E-state index is 0.0557. The molecule has 92 valence electrons. The molecule has 0 spiro atoms. The van der Waals surface area contributed by atoms with Crippen molar-refractivity contribution < 1.29 is 8.95 Å². The summed E-state index contributed by atoms with van der Waals surface area (Å²) in [7, 11) is -0.703. The molecule has 0 saturated carbocycles. The second-order valence-corrected chi connectivity index (χ2v) is 6.61. The monoisotopic (exact) mass is 235 g/mol. The second kappa shape index (κ2) is 7.36. The summed E-state index contributed by atoms with van der Waals surface area (Å²) in [5.41, 5.74) is -0.0557. The van der Waals surface area contributed by atoms with Crippen LogP contribution < -0.4 is 5.32 Å². The molecule has 0 aliphatic carbocycles. The van der Waals surface area contributed by atoms with E-state index in [9.17, 15) is 4.21 Å². The highest BCUT2D eigenvalue weighted by atomic mass is 32.2. The van der Waals surface area contributed by atoms with E-state index in [-0.39, 0.29) is 10.9 Å². The number of hydrogen-bond donors (Lipinski definition) is 1. The van der Waals surface area contributed by atoms with E-state index < -0.39 is 10.8 Å². The number of rotatable bonds is 7. The summed E-state index contributed by atoms with van der Waals surface area (Å²) in [6.45, 7) is 10.7. The van der Waals surface area contributed by atoms with Crippen molar-refractivity contribution in [2.45, 2.75) is 45.0 Å². The third kappa shape index (κ3) is 10.4. The maximum Gasteiger partial charge on any atom is 0.0599 e. The van der Waals surface area contributed by atoms with Crippen molar-refractivity contribution in [3.63, 3.8) is 0 Å². The lowest BCUT2D eigenvalue weighted by molar-refractivity contribution is -0.000745. The third-order valence-electron chi connectivity index (χ3n) is 2.11. The molecular formula is C11H25NO2S. The lowest BCUT2D eigenvalue weighted by Gasteiger charge is -2.19. The first kappa shape index (κ1) is 15.1. The van der Waals surface area contributed by atoms with E-state index in [0.29, 0.717) is 0 Å². The van der Waals surface area contributed by atoms with Crippen LogP contribution in [0.3, 0.4) is 0 Å². The molecule has 0 aliphatic heterocycles. The molecular weight excluding hydrogens is 210 g/mol. The summed E-state index contributed by atoms with van der Waals surface area (Å²) < 4.78 is 16.6. The Labute approximate surface area is 96.4 Å². The van der Waals surface area contributed by atoms with E-state index in [4.69, 9.17) is 4.74 Å². The van der Waals surface area contributed by atoms with Gasteiger partial charge in [-0.2, -0.15) is 0 Å². The fourth-order valence-electron chi connectivity index (χ4n) is 1.03. The molecule has 3 nitrogen and oxygen atoms in total. The van der Waals surface area contributed by atoms with E-state index in [1.165, 1.54) is 0 Å². The Hall–Kier alpha value is 0.0700. The molecule has 1 N–H and O–H groups in total. The topological polar surface area (TPSA) is 38.3 Å². The van der Waals surface area contributed by atoms with Crippen LogP contribution >= 0.6 is 0 Å². The minimum atomic E-state index is -0.703. The molecule has 0 radical (unpaired) electrons.